The van der Waals surface area contributed by atoms with Gasteiger partial charge in [-0.3, -0.25) is 15.0 Å². The van der Waals surface area contributed by atoms with Crippen LogP contribution in [0, 0.1) is 11.8 Å². The Balaban J connectivity index is 1.63. The molecule has 1 heterocycles. The molecule has 1 unspecified atom stereocenters. The van der Waals surface area contributed by atoms with Crippen LogP contribution in [0.5, 0.6) is 0 Å². The molecule has 0 spiro atoms. The van der Waals surface area contributed by atoms with Gasteiger partial charge in [-0.1, -0.05) is 106 Å². The van der Waals surface area contributed by atoms with E-state index >= 15 is 0 Å². The number of aliphatic imine (C=N–C) groups is 1. The fourth-order valence-electron chi connectivity index (χ4n) is 7.30. The van der Waals surface area contributed by atoms with Crippen LogP contribution in [0.15, 0.2) is 71.4 Å². The minimum atomic E-state index is -0.217. The van der Waals surface area contributed by atoms with Gasteiger partial charge in [-0.05, 0) is 76.3 Å². The second-order valence-corrected chi connectivity index (χ2v) is 13.8. The SMILES string of the molecule is C[C@H](N=CC1C(=C(c2ccccc2)c2ccccc2)OB(NC(C)(C)C)N1[C@@H](C)C1CCCCC1)C1CCCCC1. The van der Waals surface area contributed by atoms with Crippen LogP contribution < -0.4 is 5.23 Å². The van der Waals surface area contributed by atoms with Crippen LogP contribution in [0.3, 0.4) is 0 Å². The van der Waals surface area contributed by atoms with Gasteiger partial charge in [0.15, 0.2) is 0 Å². The highest BCUT2D eigenvalue weighted by atomic mass is 16.5. The Bertz CT molecular complexity index is 1100. The highest BCUT2D eigenvalue weighted by Gasteiger charge is 2.50. The van der Waals surface area contributed by atoms with Gasteiger partial charge >= 0.3 is 7.19 Å². The first-order valence-electron chi connectivity index (χ1n) is 16.4. The Kier molecular flexibility index (Phi) is 10.1. The Morgan fingerprint density at radius 3 is 1.85 bits per heavy atom. The maximum atomic E-state index is 7.13. The third-order valence-corrected chi connectivity index (χ3v) is 9.62. The van der Waals surface area contributed by atoms with Gasteiger partial charge in [0.05, 0.1) is 6.04 Å². The van der Waals surface area contributed by atoms with Gasteiger partial charge < -0.3 is 4.65 Å². The lowest BCUT2D eigenvalue weighted by Crippen LogP contribution is -2.60. The van der Waals surface area contributed by atoms with E-state index in [1.54, 1.807) is 0 Å². The van der Waals surface area contributed by atoms with E-state index in [2.05, 4.69) is 112 Å². The molecule has 2 aromatic rings. The average molecular weight is 554 g/mol. The average Bonchev–Trinajstić information content (AvgIpc) is 3.33. The monoisotopic (exact) mass is 553 g/mol. The molecule has 0 radical (unpaired) electrons. The van der Waals surface area contributed by atoms with Crippen molar-refractivity contribution in [3.05, 3.63) is 77.5 Å². The predicted octanol–water partition coefficient (Wildman–Crippen LogP) is 8.53. The highest BCUT2D eigenvalue weighted by Crippen LogP contribution is 2.39. The molecule has 5 heteroatoms. The molecule has 5 rings (SSSR count). The van der Waals surface area contributed by atoms with E-state index in [0.29, 0.717) is 23.9 Å². The van der Waals surface area contributed by atoms with Gasteiger partial charge in [-0.15, -0.1) is 0 Å². The fraction of sp³-hybridized carbons (Fsp3) is 0.583. The summed E-state index contributed by atoms with van der Waals surface area (Å²) >= 11 is 0. The lowest BCUT2D eigenvalue weighted by molar-refractivity contribution is 0.199. The number of rotatable bonds is 8. The first-order chi connectivity index (χ1) is 19.8. The molecule has 0 bridgehead atoms. The zero-order valence-corrected chi connectivity index (χ0v) is 26.2. The van der Waals surface area contributed by atoms with Crippen molar-refractivity contribution in [1.29, 1.82) is 0 Å². The maximum absolute atomic E-state index is 7.13. The fourth-order valence-corrected chi connectivity index (χ4v) is 7.30. The number of nitrogens with zero attached hydrogens (tertiary/aromatic N) is 2. The van der Waals surface area contributed by atoms with Gasteiger partial charge in [0.2, 0.25) is 0 Å². The van der Waals surface area contributed by atoms with Crippen molar-refractivity contribution in [2.24, 2.45) is 16.8 Å². The minimum Gasteiger partial charge on any atom is -0.534 e. The number of hydrogen-bond acceptors (Lipinski definition) is 4. The minimum absolute atomic E-state index is 0.0340. The Morgan fingerprint density at radius 1 is 0.829 bits per heavy atom. The topological polar surface area (TPSA) is 36.9 Å². The van der Waals surface area contributed by atoms with Crippen molar-refractivity contribution in [3.8, 4) is 0 Å². The predicted molar refractivity (Wildman–Crippen MR) is 175 cm³/mol. The van der Waals surface area contributed by atoms with Gasteiger partial charge in [-0.2, -0.15) is 0 Å². The Hall–Kier alpha value is -2.37. The smallest absolute Gasteiger partial charge is 0.534 e. The lowest BCUT2D eigenvalue weighted by Gasteiger charge is -2.38. The van der Waals surface area contributed by atoms with Crippen molar-refractivity contribution < 1.29 is 4.65 Å². The summed E-state index contributed by atoms with van der Waals surface area (Å²) in [4.78, 5) is 7.97. The van der Waals surface area contributed by atoms with Crippen LogP contribution in [-0.2, 0) is 4.65 Å². The highest BCUT2D eigenvalue weighted by molar-refractivity contribution is 6.48. The summed E-state index contributed by atoms with van der Waals surface area (Å²) in [5.41, 5.74) is 3.46. The molecule has 1 N–H and O–H groups in total. The first-order valence-corrected chi connectivity index (χ1v) is 16.4. The molecule has 41 heavy (non-hydrogen) atoms. The molecule has 3 fully saturated rings. The molecule has 1 saturated heterocycles. The van der Waals surface area contributed by atoms with E-state index < -0.39 is 0 Å². The molecular weight excluding hydrogens is 501 g/mol. The zero-order valence-electron chi connectivity index (χ0n) is 26.2. The Morgan fingerprint density at radius 2 is 1.34 bits per heavy atom. The molecule has 3 atom stereocenters. The van der Waals surface area contributed by atoms with Crippen LogP contribution in [-0.4, -0.2) is 41.9 Å². The summed E-state index contributed by atoms with van der Waals surface area (Å²) in [7, 11) is -0.217. The van der Waals surface area contributed by atoms with E-state index in [9.17, 15) is 0 Å². The van der Waals surface area contributed by atoms with E-state index in [-0.39, 0.29) is 18.8 Å². The van der Waals surface area contributed by atoms with Gasteiger partial charge in [-0.25, -0.2) is 0 Å². The molecular formula is C36H52BN3O. The molecule has 1 aliphatic heterocycles. The maximum Gasteiger partial charge on any atom is 0.546 e. The number of hydrogen-bond donors (Lipinski definition) is 1. The summed E-state index contributed by atoms with van der Waals surface area (Å²) in [6.45, 7) is 11.5. The van der Waals surface area contributed by atoms with Gasteiger partial charge in [0.1, 0.15) is 5.76 Å². The molecule has 0 aromatic heterocycles. The van der Waals surface area contributed by atoms with Crippen LogP contribution in [0.2, 0.25) is 0 Å². The molecule has 2 saturated carbocycles. The Labute approximate surface area is 250 Å². The van der Waals surface area contributed by atoms with Gasteiger partial charge in [0, 0.05) is 29.4 Å². The lowest BCUT2D eigenvalue weighted by atomic mass is 9.79. The number of benzene rings is 2. The second-order valence-electron chi connectivity index (χ2n) is 13.8. The van der Waals surface area contributed by atoms with Crippen molar-refractivity contribution in [2.45, 2.75) is 122 Å². The second kappa shape index (κ2) is 13.7. The third-order valence-electron chi connectivity index (χ3n) is 9.62. The van der Waals surface area contributed by atoms with E-state index in [1.807, 2.05) is 0 Å². The van der Waals surface area contributed by atoms with Crippen molar-refractivity contribution in [1.82, 2.24) is 10.0 Å². The summed E-state index contributed by atoms with van der Waals surface area (Å²) in [5, 5.41) is 3.86. The summed E-state index contributed by atoms with van der Waals surface area (Å²) in [6.07, 6.45) is 15.6. The van der Waals surface area contributed by atoms with Crippen LogP contribution in [0.1, 0.15) is 110 Å². The van der Waals surface area contributed by atoms with Crippen molar-refractivity contribution in [2.75, 3.05) is 0 Å². The normalized spacial score (nSPS) is 23.1. The van der Waals surface area contributed by atoms with E-state index in [0.717, 1.165) is 5.76 Å². The first kappa shape index (κ1) is 30.1. The van der Waals surface area contributed by atoms with E-state index in [1.165, 1.54) is 80.9 Å². The standard InChI is InChI=1S/C36H52BN3O/c1-27(29-18-10-6-11-19-29)38-26-33-35(34(31-22-14-8-15-23-31)32-24-16-9-17-25-32)41-37(39-36(3,4)5)40(33)28(2)30-20-12-7-13-21-30/h8-9,14-17,22-30,33,39H,6-7,10-13,18-21H2,1-5H3/t27-,28-,33?/m0/s1. The van der Waals surface area contributed by atoms with Gasteiger partial charge in [0.25, 0.3) is 0 Å². The molecule has 2 aliphatic carbocycles. The largest absolute Gasteiger partial charge is 0.546 e. The summed E-state index contributed by atoms with van der Waals surface area (Å²) in [6, 6.07) is 22.3. The quantitative estimate of drug-likeness (QED) is 0.263. The molecule has 2 aromatic carbocycles. The van der Waals surface area contributed by atoms with Crippen molar-refractivity contribution in [3.63, 3.8) is 0 Å². The third kappa shape index (κ3) is 7.54. The molecule has 220 valence electrons. The zero-order chi connectivity index (χ0) is 28.8. The van der Waals surface area contributed by atoms with Crippen LogP contribution in [0.25, 0.3) is 5.57 Å². The summed E-state index contributed by atoms with van der Waals surface area (Å²) < 4.78 is 7.13. The van der Waals surface area contributed by atoms with Crippen molar-refractivity contribution >= 4 is 19.0 Å². The molecule has 4 nitrogen and oxygen atoms in total. The molecule has 0 amide bonds. The van der Waals surface area contributed by atoms with E-state index in [4.69, 9.17) is 9.65 Å². The van der Waals surface area contributed by atoms with Crippen LogP contribution in [0.4, 0.5) is 0 Å². The summed E-state index contributed by atoms with van der Waals surface area (Å²) in [5.74, 6) is 2.37. The molecule has 3 aliphatic rings. The van der Waals surface area contributed by atoms with Crippen LogP contribution >= 0.6 is 0 Å². The number of nitrogens with one attached hydrogen (secondary N) is 1.